The van der Waals surface area contributed by atoms with Gasteiger partial charge in [0.05, 0.1) is 17.0 Å². The SMILES string of the molecule is C=C(CC(=O)O)C(=O)O.C=C(Cl)Cl.C=CC#N. The molecule has 7 heteroatoms. The molecule has 0 rings (SSSR count). The van der Waals surface area contributed by atoms with Crippen molar-refractivity contribution in [3.05, 3.63) is 35.9 Å². The summed E-state index contributed by atoms with van der Waals surface area (Å²) in [6.45, 7) is 9.22. The van der Waals surface area contributed by atoms with Crippen molar-refractivity contribution in [3.63, 3.8) is 0 Å². The number of hydrogen-bond donors (Lipinski definition) is 2. The van der Waals surface area contributed by atoms with Crippen LogP contribution in [0.3, 0.4) is 0 Å². The minimum absolute atomic E-state index is 0.111. The van der Waals surface area contributed by atoms with Crippen LogP contribution in [-0.2, 0) is 9.59 Å². The van der Waals surface area contributed by atoms with E-state index >= 15 is 0 Å². The molecule has 0 unspecified atom stereocenters. The zero-order valence-corrected chi connectivity index (χ0v) is 10.3. The molecule has 0 amide bonds. The number of carbonyl (C=O) groups is 2. The minimum atomic E-state index is -1.27. The van der Waals surface area contributed by atoms with E-state index in [-0.39, 0.29) is 10.1 Å². The molecule has 0 fully saturated rings. The molecule has 0 aromatic heterocycles. The Morgan fingerprint density at radius 2 is 1.59 bits per heavy atom. The van der Waals surface area contributed by atoms with Crippen molar-refractivity contribution in [1.82, 2.24) is 0 Å². The quantitative estimate of drug-likeness (QED) is 0.611. The summed E-state index contributed by atoms with van der Waals surface area (Å²) in [6, 6.07) is 1.69. The van der Waals surface area contributed by atoms with Crippen molar-refractivity contribution < 1.29 is 19.8 Å². The van der Waals surface area contributed by atoms with Gasteiger partial charge in [0.25, 0.3) is 0 Å². The first-order valence-corrected chi connectivity index (χ1v) is 4.57. The summed E-state index contributed by atoms with van der Waals surface area (Å²) in [6.07, 6.45) is 0.676. The molecule has 0 spiro atoms. The molecule has 0 aromatic rings. The molecule has 0 aliphatic carbocycles. The van der Waals surface area contributed by atoms with E-state index in [1.807, 2.05) is 0 Å². The first kappa shape index (κ1) is 20.6. The standard InChI is InChI=1S/C5H6O4.C3H3N.C2H2Cl2/c1-3(5(8)9)2-4(6)7;1-2-3-4;1-2(3)4/h1-2H2,(H,6,7)(H,8,9);2H,1H2;1H2. The van der Waals surface area contributed by atoms with Gasteiger partial charge < -0.3 is 10.2 Å². The molecule has 0 heterocycles. The van der Waals surface area contributed by atoms with Crippen LogP contribution >= 0.6 is 23.2 Å². The summed E-state index contributed by atoms with van der Waals surface area (Å²) in [7, 11) is 0. The zero-order valence-electron chi connectivity index (χ0n) is 8.82. The van der Waals surface area contributed by atoms with E-state index in [2.05, 4.69) is 19.7 Å². The average molecular weight is 280 g/mol. The van der Waals surface area contributed by atoms with Crippen LogP contribution in [0.15, 0.2) is 35.9 Å². The highest BCUT2D eigenvalue weighted by molar-refractivity contribution is 6.55. The Bertz CT molecular complexity index is 341. The number of aliphatic carboxylic acids is 2. The normalized spacial score (nSPS) is 6.88. The molecule has 94 valence electrons. The number of allylic oxidation sites excluding steroid dienone is 1. The van der Waals surface area contributed by atoms with E-state index < -0.39 is 18.4 Å². The molecular formula is C10H11Cl2NO4. The number of rotatable bonds is 3. The van der Waals surface area contributed by atoms with Crippen LogP contribution in [0.2, 0.25) is 0 Å². The molecule has 0 aromatic carbocycles. The Balaban J connectivity index is -0.000000205. The Kier molecular flexibility index (Phi) is 17.3. The summed E-state index contributed by atoms with van der Waals surface area (Å²) < 4.78 is 0.111. The topological polar surface area (TPSA) is 98.4 Å². The van der Waals surface area contributed by atoms with E-state index in [1.54, 1.807) is 6.07 Å². The number of halogens is 2. The van der Waals surface area contributed by atoms with Gasteiger partial charge in [-0.25, -0.2) is 4.79 Å². The highest BCUT2D eigenvalue weighted by Crippen LogP contribution is 1.98. The van der Waals surface area contributed by atoms with Gasteiger partial charge in [-0.1, -0.05) is 42.9 Å². The summed E-state index contributed by atoms with van der Waals surface area (Å²) >= 11 is 9.69. The van der Waals surface area contributed by atoms with Crippen LogP contribution in [-0.4, -0.2) is 22.2 Å². The lowest BCUT2D eigenvalue weighted by Gasteiger charge is -1.91. The van der Waals surface area contributed by atoms with Gasteiger partial charge in [-0.15, -0.1) is 0 Å². The molecule has 0 bridgehead atoms. The second kappa shape index (κ2) is 14.2. The molecule has 2 N–H and O–H groups in total. The maximum absolute atomic E-state index is 9.87. The largest absolute Gasteiger partial charge is 0.481 e. The van der Waals surface area contributed by atoms with Gasteiger partial charge in [0, 0.05) is 11.6 Å². The fraction of sp³-hybridized carbons (Fsp3) is 0.100. The first-order valence-electron chi connectivity index (χ1n) is 3.82. The van der Waals surface area contributed by atoms with Crippen molar-refractivity contribution in [2.75, 3.05) is 0 Å². The van der Waals surface area contributed by atoms with Crippen molar-refractivity contribution >= 4 is 35.1 Å². The first-order chi connectivity index (χ1) is 7.68. The number of carboxylic acid groups (broad SMARTS) is 2. The Morgan fingerprint density at radius 3 is 1.65 bits per heavy atom. The Hall–Kier alpha value is -1.77. The monoisotopic (exact) mass is 279 g/mol. The van der Waals surface area contributed by atoms with E-state index in [0.717, 1.165) is 0 Å². The van der Waals surface area contributed by atoms with E-state index in [0.29, 0.717) is 0 Å². The van der Waals surface area contributed by atoms with Gasteiger partial charge in [-0.2, -0.15) is 5.26 Å². The van der Waals surface area contributed by atoms with Gasteiger partial charge in [-0.05, 0) is 0 Å². The molecule has 17 heavy (non-hydrogen) atoms. The predicted octanol–water partition coefficient (Wildman–Crippen LogP) is 2.73. The molecular weight excluding hydrogens is 269 g/mol. The summed E-state index contributed by atoms with van der Waals surface area (Å²) in [4.78, 5) is 19.7. The van der Waals surface area contributed by atoms with E-state index in [1.165, 1.54) is 6.08 Å². The van der Waals surface area contributed by atoms with Crippen molar-refractivity contribution in [2.24, 2.45) is 0 Å². The molecule has 0 atom stereocenters. The van der Waals surface area contributed by atoms with E-state index in [4.69, 9.17) is 38.7 Å². The summed E-state index contributed by atoms with van der Waals surface area (Å²) in [5.74, 6) is -2.44. The highest BCUT2D eigenvalue weighted by Gasteiger charge is 2.07. The summed E-state index contributed by atoms with van der Waals surface area (Å²) in [5.41, 5.74) is -0.303. The van der Waals surface area contributed by atoms with Crippen LogP contribution in [0.4, 0.5) is 0 Å². The number of hydrogen-bond acceptors (Lipinski definition) is 3. The van der Waals surface area contributed by atoms with Gasteiger partial charge >= 0.3 is 11.9 Å². The minimum Gasteiger partial charge on any atom is -0.481 e. The van der Waals surface area contributed by atoms with Crippen molar-refractivity contribution in [2.45, 2.75) is 6.42 Å². The molecule has 0 aliphatic rings. The van der Waals surface area contributed by atoms with Crippen LogP contribution in [0.5, 0.6) is 0 Å². The van der Waals surface area contributed by atoms with Crippen LogP contribution in [0.1, 0.15) is 6.42 Å². The zero-order chi connectivity index (χ0) is 14.4. The Labute approximate surface area is 109 Å². The summed E-state index contributed by atoms with van der Waals surface area (Å²) in [5, 5.41) is 23.6. The van der Waals surface area contributed by atoms with Crippen LogP contribution in [0, 0.1) is 11.3 Å². The van der Waals surface area contributed by atoms with Gasteiger partial charge in [0.1, 0.15) is 0 Å². The highest BCUT2D eigenvalue weighted by atomic mass is 35.5. The third-order valence-electron chi connectivity index (χ3n) is 0.758. The smallest absolute Gasteiger partial charge is 0.331 e. The second-order valence-electron chi connectivity index (χ2n) is 2.15. The number of nitriles is 1. The second-order valence-corrected chi connectivity index (χ2v) is 3.26. The lowest BCUT2D eigenvalue weighted by Crippen LogP contribution is -2.04. The third-order valence-corrected chi connectivity index (χ3v) is 0.758. The lowest BCUT2D eigenvalue weighted by molar-refractivity contribution is -0.139. The van der Waals surface area contributed by atoms with Gasteiger partial charge in [0.2, 0.25) is 0 Å². The third kappa shape index (κ3) is 40.7. The average Bonchev–Trinajstić information content (AvgIpc) is 2.16. The van der Waals surface area contributed by atoms with Crippen molar-refractivity contribution in [1.29, 1.82) is 5.26 Å². The predicted molar refractivity (Wildman–Crippen MR) is 65.7 cm³/mol. The van der Waals surface area contributed by atoms with Crippen LogP contribution < -0.4 is 0 Å². The molecule has 0 aliphatic heterocycles. The van der Waals surface area contributed by atoms with Gasteiger partial charge in [-0.3, -0.25) is 4.79 Å². The molecule has 0 saturated heterocycles. The van der Waals surface area contributed by atoms with E-state index in [9.17, 15) is 9.59 Å². The van der Waals surface area contributed by atoms with Crippen molar-refractivity contribution in [3.8, 4) is 6.07 Å². The molecule has 5 nitrogen and oxygen atoms in total. The maximum Gasteiger partial charge on any atom is 0.331 e. The van der Waals surface area contributed by atoms with Crippen LogP contribution in [0.25, 0.3) is 0 Å². The number of nitrogens with zero attached hydrogens (tertiary/aromatic N) is 1. The fourth-order valence-electron chi connectivity index (χ4n) is 0.258. The van der Waals surface area contributed by atoms with Gasteiger partial charge in [0.15, 0.2) is 0 Å². The lowest BCUT2D eigenvalue weighted by atomic mass is 10.2. The fourth-order valence-corrected chi connectivity index (χ4v) is 0.258. The molecule has 0 radical (unpaired) electrons. The molecule has 0 saturated carbocycles. The Morgan fingerprint density at radius 1 is 1.29 bits per heavy atom. The maximum atomic E-state index is 9.87. The number of carboxylic acids is 2.